The van der Waals surface area contributed by atoms with Crippen LogP contribution in [0.5, 0.6) is 5.75 Å². The quantitative estimate of drug-likeness (QED) is 0.544. The maximum Gasteiger partial charge on any atom is 0.258 e. The van der Waals surface area contributed by atoms with Crippen molar-refractivity contribution < 1.29 is 9.26 Å². The molecule has 2 heterocycles. The Labute approximate surface area is 187 Å². The Kier molecular flexibility index (Phi) is 6.04. The third-order valence-electron chi connectivity index (χ3n) is 5.26. The average molecular weight is 435 g/mol. The van der Waals surface area contributed by atoms with Crippen LogP contribution in [0.3, 0.4) is 0 Å². The highest BCUT2D eigenvalue weighted by Crippen LogP contribution is 2.38. The third kappa shape index (κ3) is 4.32. The van der Waals surface area contributed by atoms with Gasteiger partial charge < -0.3 is 19.5 Å². The molecule has 1 atom stereocenters. The van der Waals surface area contributed by atoms with Crippen molar-refractivity contribution in [3.63, 3.8) is 0 Å². The Balaban J connectivity index is 1.82. The minimum atomic E-state index is -0.227. The number of benzene rings is 2. The van der Waals surface area contributed by atoms with Gasteiger partial charge in [-0.15, -0.1) is 0 Å². The largest absolute Gasteiger partial charge is 0.497 e. The van der Waals surface area contributed by atoms with E-state index in [0.29, 0.717) is 22.7 Å². The summed E-state index contributed by atoms with van der Waals surface area (Å²) in [6, 6.07) is 17.5. The van der Waals surface area contributed by atoms with Crippen molar-refractivity contribution in [3.05, 3.63) is 71.7 Å². The van der Waals surface area contributed by atoms with E-state index in [0.717, 1.165) is 34.7 Å². The molecule has 0 radical (unpaired) electrons. The molecule has 0 saturated heterocycles. The molecule has 160 valence electrons. The minimum absolute atomic E-state index is 0.227. The lowest BCUT2D eigenvalue weighted by Crippen LogP contribution is -2.47. The number of allylic oxidation sites excluding steroid dienone is 1. The van der Waals surface area contributed by atoms with Gasteiger partial charge in [-0.2, -0.15) is 4.98 Å². The van der Waals surface area contributed by atoms with Gasteiger partial charge in [0.15, 0.2) is 5.11 Å². The Morgan fingerprint density at radius 2 is 1.94 bits per heavy atom. The van der Waals surface area contributed by atoms with Gasteiger partial charge >= 0.3 is 0 Å². The van der Waals surface area contributed by atoms with E-state index >= 15 is 0 Å². The molecule has 1 unspecified atom stereocenters. The first-order chi connectivity index (χ1) is 15.0. The summed E-state index contributed by atoms with van der Waals surface area (Å²) >= 11 is 5.73. The number of aromatic nitrogens is 2. The summed E-state index contributed by atoms with van der Waals surface area (Å²) in [7, 11) is 1.66. The third-order valence-corrected chi connectivity index (χ3v) is 5.60. The van der Waals surface area contributed by atoms with E-state index in [4.69, 9.17) is 26.5 Å². The lowest BCUT2D eigenvalue weighted by atomic mass is 9.94. The number of thiocarbonyl (C=S) groups is 1. The molecule has 0 fully saturated rings. The molecule has 1 aliphatic heterocycles. The molecule has 0 saturated carbocycles. The molecule has 1 N–H and O–H groups in total. The molecule has 31 heavy (non-hydrogen) atoms. The number of nitrogens with zero attached hydrogens (tertiary/aromatic N) is 3. The van der Waals surface area contributed by atoms with E-state index < -0.39 is 0 Å². The number of rotatable bonds is 6. The van der Waals surface area contributed by atoms with Crippen LogP contribution < -0.4 is 10.1 Å². The molecule has 0 spiro atoms. The summed E-state index contributed by atoms with van der Waals surface area (Å²) in [6.45, 7) is 7.20. The maximum atomic E-state index is 5.77. The second-order valence-corrected chi connectivity index (χ2v) is 8.34. The molecule has 1 aliphatic rings. The summed E-state index contributed by atoms with van der Waals surface area (Å²) in [6.07, 6.45) is 0. The molecule has 7 heteroatoms. The molecule has 0 amide bonds. The fourth-order valence-corrected chi connectivity index (χ4v) is 4.08. The maximum absolute atomic E-state index is 5.77. The molecule has 6 nitrogen and oxygen atoms in total. The summed E-state index contributed by atoms with van der Waals surface area (Å²) < 4.78 is 11.2. The second-order valence-electron chi connectivity index (χ2n) is 7.95. The molecule has 2 aromatic carbocycles. The molecule has 4 rings (SSSR count). The van der Waals surface area contributed by atoms with Crippen molar-refractivity contribution in [2.24, 2.45) is 5.92 Å². The lowest BCUT2D eigenvalue weighted by Gasteiger charge is -2.38. The highest BCUT2D eigenvalue weighted by Gasteiger charge is 2.34. The highest BCUT2D eigenvalue weighted by molar-refractivity contribution is 7.80. The van der Waals surface area contributed by atoms with Crippen LogP contribution in [0.1, 0.15) is 38.3 Å². The topological polar surface area (TPSA) is 63.4 Å². The first kappa shape index (κ1) is 21.1. The van der Waals surface area contributed by atoms with Crippen LogP contribution in [0.4, 0.5) is 0 Å². The molecule has 0 bridgehead atoms. The van der Waals surface area contributed by atoms with E-state index in [9.17, 15) is 0 Å². The van der Waals surface area contributed by atoms with Gasteiger partial charge in [0.2, 0.25) is 5.82 Å². The van der Waals surface area contributed by atoms with Crippen molar-refractivity contribution in [2.45, 2.75) is 26.8 Å². The number of ether oxygens (including phenoxy) is 1. The lowest BCUT2D eigenvalue weighted by molar-refractivity contribution is 0.385. The molecular formula is C24H26N4O2S. The normalized spacial score (nSPS) is 16.6. The number of methoxy groups -OCH3 is 1. The Bertz CT molecular complexity index is 1110. The van der Waals surface area contributed by atoms with Gasteiger partial charge in [-0.05, 0) is 42.8 Å². The van der Waals surface area contributed by atoms with Crippen molar-refractivity contribution in [1.29, 1.82) is 0 Å². The zero-order valence-corrected chi connectivity index (χ0v) is 18.9. The van der Waals surface area contributed by atoms with Crippen molar-refractivity contribution in [3.8, 4) is 17.1 Å². The first-order valence-corrected chi connectivity index (χ1v) is 10.7. The SMILES string of the molecule is COc1cccc(C2NC(=S)N(CC(C)C)C(C)=C2c2nc(-c3ccccc3)no2)c1. The fraction of sp³-hybridized carbons (Fsp3) is 0.292. The Morgan fingerprint density at radius 1 is 1.16 bits per heavy atom. The van der Waals surface area contributed by atoms with E-state index in [1.165, 1.54) is 0 Å². The Morgan fingerprint density at radius 3 is 2.65 bits per heavy atom. The van der Waals surface area contributed by atoms with E-state index in [1.54, 1.807) is 7.11 Å². The fourth-order valence-electron chi connectivity index (χ4n) is 3.75. The van der Waals surface area contributed by atoms with E-state index in [2.05, 4.69) is 36.1 Å². The number of hydrogen-bond acceptors (Lipinski definition) is 5. The van der Waals surface area contributed by atoms with Crippen LogP contribution in [0, 0.1) is 5.92 Å². The number of hydrogen-bond donors (Lipinski definition) is 1. The first-order valence-electron chi connectivity index (χ1n) is 10.3. The molecule has 1 aromatic heterocycles. The van der Waals surface area contributed by atoms with Gasteiger partial charge in [-0.25, -0.2) is 0 Å². The van der Waals surface area contributed by atoms with Gasteiger partial charge in [0.05, 0.1) is 18.7 Å². The smallest absolute Gasteiger partial charge is 0.258 e. The van der Waals surface area contributed by atoms with Crippen LogP contribution >= 0.6 is 12.2 Å². The summed E-state index contributed by atoms with van der Waals surface area (Å²) in [5.41, 5.74) is 3.84. The minimum Gasteiger partial charge on any atom is -0.497 e. The zero-order valence-electron chi connectivity index (χ0n) is 18.1. The van der Waals surface area contributed by atoms with Crippen LogP contribution in [0.2, 0.25) is 0 Å². The standard InChI is InChI=1S/C24H26N4O2S/c1-15(2)14-28-16(3)20(23-26-22(27-30-23)17-9-6-5-7-10-17)21(25-24(28)31)18-11-8-12-19(13-18)29-4/h5-13,15,21H,14H2,1-4H3,(H,25,31). The van der Waals surface area contributed by atoms with E-state index in [1.807, 2.05) is 54.6 Å². The average Bonchev–Trinajstić information content (AvgIpc) is 3.26. The molecule has 3 aromatic rings. The molecule has 0 aliphatic carbocycles. The van der Waals surface area contributed by atoms with Gasteiger partial charge in [0, 0.05) is 17.8 Å². The van der Waals surface area contributed by atoms with Crippen LogP contribution in [-0.4, -0.2) is 33.8 Å². The monoisotopic (exact) mass is 434 g/mol. The highest BCUT2D eigenvalue weighted by atomic mass is 32.1. The molecular weight excluding hydrogens is 408 g/mol. The van der Waals surface area contributed by atoms with Gasteiger partial charge in [0.1, 0.15) is 5.75 Å². The predicted molar refractivity (Wildman–Crippen MR) is 125 cm³/mol. The predicted octanol–water partition coefficient (Wildman–Crippen LogP) is 5.06. The zero-order chi connectivity index (χ0) is 22.0. The van der Waals surface area contributed by atoms with Crippen LogP contribution in [0.25, 0.3) is 17.0 Å². The summed E-state index contributed by atoms with van der Waals surface area (Å²) in [4.78, 5) is 6.84. The summed E-state index contributed by atoms with van der Waals surface area (Å²) in [5, 5.41) is 8.41. The van der Waals surface area contributed by atoms with Crippen molar-refractivity contribution >= 4 is 22.9 Å². The van der Waals surface area contributed by atoms with Gasteiger partial charge in [-0.1, -0.05) is 61.5 Å². The van der Waals surface area contributed by atoms with Crippen LogP contribution in [0.15, 0.2) is 64.8 Å². The van der Waals surface area contributed by atoms with Crippen LogP contribution in [-0.2, 0) is 0 Å². The van der Waals surface area contributed by atoms with Crippen molar-refractivity contribution in [2.75, 3.05) is 13.7 Å². The van der Waals surface area contributed by atoms with Crippen molar-refractivity contribution in [1.82, 2.24) is 20.4 Å². The van der Waals surface area contributed by atoms with Gasteiger partial charge in [0.25, 0.3) is 5.89 Å². The van der Waals surface area contributed by atoms with Gasteiger partial charge in [-0.3, -0.25) is 0 Å². The van der Waals surface area contributed by atoms with E-state index in [-0.39, 0.29) is 6.04 Å². The second kappa shape index (κ2) is 8.89. The Hall–Kier alpha value is -3.19. The number of nitrogens with one attached hydrogen (secondary N) is 1. The summed E-state index contributed by atoms with van der Waals surface area (Å²) in [5.74, 6) is 2.26.